The molecule has 0 unspecified atom stereocenters. The lowest BCUT2D eigenvalue weighted by Gasteiger charge is -2.03. The van der Waals surface area contributed by atoms with Gasteiger partial charge in [0, 0.05) is 18.7 Å². The minimum Gasteiger partial charge on any atom is -0.390 e. The van der Waals surface area contributed by atoms with E-state index in [2.05, 4.69) is 5.10 Å². The van der Waals surface area contributed by atoms with Gasteiger partial charge in [-0.1, -0.05) is 11.6 Å². The number of benzene rings is 1. The summed E-state index contributed by atoms with van der Waals surface area (Å²) in [5.74, 6) is -1.38. The second kappa shape index (κ2) is 4.43. The Morgan fingerprint density at radius 1 is 1.29 bits per heavy atom. The average molecular weight is 259 g/mol. The maximum absolute atomic E-state index is 13.1. The van der Waals surface area contributed by atoms with Gasteiger partial charge in [0.15, 0.2) is 0 Å². The first-order valence-electron chi connectivity index (χ1n) is 4.81. The zero-order valence-electron chi connectivity index (χ0n) is 8.91. The lowest BCUT2D eigenvalue weighted by Crippen LogP contribution is -1.95. The molecule has 3 nitrogen and oxygen atoms in total. The van der Waals surface area contributed by atoms with Gasteiger partial charge in [-0.05, 0) is 12.1 Å². The minimum absolute atomic E-state index is 0.194. The molecule has 0 radical (unpaired) electrons. The summed E-state index contributed by atoms with van der Waals surface area (Å²) in [5, 5.41) is 13.2. The fraction of sp³-hybridized carbons (Fsp3) is 0.182. The summed E-state index contributed by atoms with van der Waals surface area (Å²) >= 11 is 5.98. The standard InChI is InChI=1S/C11H9ClF2N2O/c1-16-11(10(12)9(5-17)15-16)6-2-7(13)4-8(14)3-6/h2-4,17H,5H2,1H3. The minimum atomic E-state index is -0.692. The van der Waals surface area contributed by atoms with E-state index in [-0.39, 0.29) is 22.9 Å². The first-order chi connectivity index (χ1) is 8.02. The van der Waals surface area contributed by atoms with Crippen molar-refractivity contribution in [2.45, 2.75) is 6.61 Å². The van der Waals surface area contributed by atoms with Crippen LogP contribution in [0.25, 0.3) is 11.3 Å². The van der Waals surface area contributed by atoms with Crippen molar-refractivity contribution >= 4 is 11.6 Å². The Morgan fingerprint density at radius 3 is 2.35 bits per heavy atom. The monoisotopic (exact) mass is 258 g/mol. The van der Waals surface area contributed by atoms with E-state index < -0.39 is 11.6 Å². The highest BCUT2D eigenvalue weighted by Gasteiger charge is 2.16. The third-order valence-electron chi connectivity index (χ3n) is 2.34. The Hall–Kier alpha value is -1.46. The molecule has 0 aliphatic carbocycles. The summed E-state index contributed by atoms with van der Waals surface area (Å²) in [5.41, 5.74) is 0.921. The molecule has 2 aromatic rings. The van der Waals surface area contributed by atoms with Crippen LogP contribution < -0.4 is 0 Å². The lowest BCUT2D eigenvalue weighted by molar-refractivity contribution is 0.275. The summed E-state index contributed by atoms with van der Waals surface area (Å²) in [4.78, 5) is 0. The molecule has 90 valence electrons. The fourth-order valence-corrected chi connectivity index (χ4v) is 1.99. The van der Waals surface area contributed by atoms with Crippen molar-refractivity contribution < 1.29 is 13.9 Å². The van der Waals surface area contributed by atoms with E-state index in [0.717, 1.165) is 18.2 Å². The van der Waals surface area contributed by atoms with E-state index in [1.54, 1.807) is 7.05 Å². The van der Waals surface area contributed by atoms with Crippen molar-refractivity contribution in [1.82, 2.24) is 9.78 Å². The molecule has 1 N–H and O–H groups in total. The first-order valence-corrected chi connectivity index (χ1v) is 5.19. The number of aromatic nitrogens is 2. The second-order valence-electron chi connectivity index (χ2n) is 3.55. The van der Waals surface area contributed by atoms with E-state index in [9.17, 15) is 8.78 Å². The number of hydrogen-bond acceptors (Lipinski definition) is 2. The SMILES string of the molecule is Cn1nc(CO)c(Cl)c1-c1cc(F)cc(F)c1. The van der Waals surface area contributed by atoms with Gasteiger partial charge in [-0.3, -0.25) is 4.68 Å². The molecule has 0 fully saturated rings. The molecule has 6 heteroatoms. The topological polar surface area (TPSA) is 38.0 Å². The van der Waals surface area contributed by atoms with Gasteiger partial charge in [-0.15, -0.1) is 0 Å². The molecule has 0 aliphatic heterocycles. The highest BCUT2D eigenvalue weighted by atomic mass is 35.5. The smallest absolute Gasteiger partial charge is 0.126 e. The van der Waals surface area contributed by atoms with Gasteiger partial charge in [0.25, 0.3) is 0 Å². The van der Waals surface area contributed by atoms with Crippen LogP contribution in [0.2, 0.25) is 5.02 Å². The quantitative estimate of drug-likeness (QED) is 0.899. The van der Waals surface area contributed by atoms with Crippen molar-refractivity contribution in [3.63, 3.8) is 0 Å². The zero-order chi connectivity index (χ0) is 12.6. The molecule has 0 saturated carbocycles. The predicted octanol–water partition coefficient (Wildman–Crippen LogP) is 2.51. The third kappa shape index (κ3) is 2.16. The summed E-state index contributed by atoms with van der Waals surface area (Å²) in [7, 11) is 1.59. The predicted molar refractivity (Wildman–Crippen MR) is 59.5 cm³/mol. The number of aliphatic hydroxyl groups excluding tert-OH is 1. The molecule has 1 aromatic heterocycles. The molecular weight excluding hydrogens is 250 g/mol. The summed E-state index contributed by atoms with van der Waals surface area (Å²) in [6, 6.07) is 3.10. The van der Waals surface area contributed by atoms with Crippen LogP contribution in [0.4, 0.5) is 8.78 Å². The highest BCUT2D eigenvalue weighted by molar-refractivity contribution is 6.33. The Kier molecular flexibility index (Phi) is 3.13. The normalized spacial score (nSPS) is 10.9. The van der Waals surface area contributed by atoms with E-state index in [1.165, 1.54) is 4.68 Å². The molecule has 0 aliphatic rings. The maximum Gasteiger partial charge on any atom is 0.126 e. The summed E-state index contributed by atoms with van der Waals surface area (Å²) in [6.45, 7) is -0.329. The molecule has 0 spiro atoms. The van der Waals surface area contributed by atoms with E-state index >= 15 is 0 Å². The Bertz CT molecular complexity index is 549. The molecule has 0 saturated heterocycles. The van der Waals surface area contributed by atoms with E-state index in [1.807, 2.05) is 0 Å². The van der Waals surface area contributed by atoms with E-state index in [4.69, 9.17) is 16.7 Å². The van der Waals surface area contributed by atoms with Crippen LogP contribution in [0.5, 0.6) is 0 Å². The second-order valence-corrected chi connectivity index (χ2v) is 3.93. The Balaban J connectivity index is 2.63. The number of hydrogen-bond donors (Lipinski definition) is 1. The summed E-state index contributed by atoms with van der Waals surface area (Å²) in [6.07, 6.45) is 0. The van der Waals surface area contributed by atoms with Gasteiger partial charge >= 0.3 is 0 Å². The summed E-state index contributed by atoms with van der Waals surface area (Å²) < 4.78 is 27.6. The third-order valence-corrected chi connectivity index (χ3v) is 2.74. The van der Waals surface area contributed by atoms with Crippen LogP contribution in [0.1, 0.15) is 5.69 Å². The highest BCUT2D eigenvalue weighted by Crippen LogP contribution is 2.31. The van der Waals surface area contributed by atoms with Crippen molar-refractivity contribution in [3.05, 3.63) is 40.6 Å². The van der Waals surface area contributed by atoms with Crippen LogP contribution in [-0.2, 0) is 13.7 Å². The number of nitrogens with zero attached hydrogens (tertiary/aromatic N) is 2. The van der Waals surface area contributed by atoms with Gasteiger partial charge in [-0.25, -0.2) is 8.78 Å². The molecule has 0 amide bonds. The maximum atomic E-state index is 13.1. The zero-order valence-corrected chi connectivity index (χ0v) is 9.67. The first kappa shape index (κ1) is 12.0. The molecular formula is C11H9ClF2N2O. The van der Waals surface area contributed by atoms with Crippen molar-refractivity contribution in [2.75, 3.05) is 0 Å². The number of aliphatic hydroxyl groups is 1. The van der Waals surface area contributed by atoms with Crippen LogP contribution in [0, 0.1) is 11.6 Å². The Morgan fingerprint density at radius 2 is 1.88 bits per heavy atom. The number of aryl methyl sites for hydroxylation is 1. The van der Waals surface area contributed by atoms with E-state index in [0.29, 0.717) is 5.69 Å². The average Bonchev–Trinajstić information content (AvgIpc) is 2.52. The molecule has 0 atom stereocenters. The molecule has 2 rings (SSSR count). The van der Waals surface area contributed by atoms with Gasteiger partial charge in [-0.2, -0.15) is 5.10 Å². The van der Waals surface area contributed by atoms with Crippen molar-refractivity contribution in [2.24, 2.45) is 7.05 Å². The molecule has 1 aromatic carbocycles. The van der Waals surface area contributed by atoms with Crippen LogP contribution >= 0.6 is 11.6 Å². The van der Waals surface area contributed by atoms with Crippen molar-refractivity contribution in [1.29, 1.82) is 0 Å². The van der Waals surface area contributed by atoms with Gasteiger partial charge in [0.05, 0.1) is 17.3 Å². The van der Waals surface area contributed by atoms with Crippen LogP contribution in [0.15, 0.2) is 18.2 Å². The van der Waals surface area contributed by atoms with Gasteiger partial charge in [0.1, 0.15) is 17.3 Å². The molecule has 1 heterocycles. The van der Waals surface area contributed by atoms with Gasteiger partial charge < -0.3 is 5.11 Å². The molecule has 0 bridgehead atoms. The largest absolute Gasteiger partial charge is 0.390 e. The van der Waals surface area contributed by atoms with Crippen molar-refractivity contribution in [3.8, 4) is 11.3 Å². The fourth-order valence-electron chi connectivity index (χ4n) is 1.66. The van der Waals surface area contributed by atoms with Crippen LogP contribution in [-0.4, -0.2) is 14.9 Å². The number of rotatable bonds is 2. The Labute approximate surface area is 101 Å². The van der Waals surface area contributed by atoms with Crippen LogP contribution in [0.3, 0.4) is 0 Å². The van der Waals surface area contributed by atoms with Gasteiger partial charge in [0.2, 0.25) is 0 Å². The lowest BCUT2D eigenvalue weighted by atomic mass is 10.1. The number of halogens is 3. The molecule has 17 heavy (non-hydrogen) atoms.